The van der Waals surface area contributed by atoms with Gasteiger partial charge in [-0.05, 0) is 37.1 Å². The van der Waals surface area contributed by atoms with Crippen molar-refractivity contribution < 1.29 is 26.7 Å². The smallest absolute Gasteiger partial charge is 0.307 e. The quantitative estimate of drug-likeness (QED) is 0.714. The van der Waals surface area contributed by atoms with E-state index in [0.717, 1.165) is 4.31 Å². The minimum atomic E-state index is -3.83. The minimum Gasteiger partial charge on any atom is -0.481 e. The van der Waals surface area contributed by atoms with Gasteiger partial charge in [0.1, 0.15) is 0 Å². The van der Waals surface area contributed by atoms with Gasteiger partial charge in [0.15, 0.2) is 0 Å². The zero-order valence-electron chi connectivity index (χ0n) is 13.2. The lowest BCUT2D eigenvalue weighted by molar-refractivity contribution is -0.141. The van der Waals surface area contributed by atoms with E-state index >= 15 is 0 Å². The molecule has 134 valence electrons. The van der Waals surface area contributed by atoms with E-state index in [1.54, 1.807) is 0 Å². The van der Waals surface area contributed by atoms with Crippen LogP contribution in [-0.2, 0) is 24.8 Å². The van der Waals surface area contributed by atoms with E-state index < -0.39 is 31.9 Å². The van der Waals surface area contributed by atoms with Gasteiger partial charge in [0, 0.05) is 19.6 Å². The standard InChI is InChI=1S/C14H20N2O6S2/c1-2-8-15-23(19,20)12-3-5-13(6-4-12)24(21,22)16-9-7-11(10-16)14(17)18/h3-6,11,15H,2,7-10H2,1H3,(H,17,18). The average Bonchev–Trinajstić information content (AvgIpc) is 3.04. The molecule has 1 fully saturated rings. The summed E-state index contributed by atoms with van der Waals surface area (Å²) in [6, 6.07) is 4.92. The number of hydrogen-bond donors (Lipinski definition) is 2. The summed E-state index contributed by atoms with van der Waals surface area (Å²) in [7, 11) is -7.49. The van der Waals surface area contributed by atoms with E-state index in [9.17, 15) is 21.6 Å². The lowest BCUT2D eigenvalue weighted by Gasteiger charge is -2.16. The van der Waals surface area contributed by atoms with Gasteiger partial charge in [-0.25, -0.2) is 21.6 Å². The Kier molecular flexibility index (Phi) is 5.63. The maximum absolute atomic E-state index is 12.5. The van der Waals surface area contributed by atoms with Crippen molar-refractivity contribution in [2.45, 2.75) is 29.6 Å². The summed E-state index contributed by atoms with van der Waals surface area (Å²) < 4.78 is 52.5. The van der Waals surface area contributed by atoms with Gasteiger partial charge in [0.2, 0.25) is 20.0 Å². The lowest BCUT2D eigenvalue weighted by atomic mass is 10.1. The summed E-state index contributed by atoms with van der Waals surface area (Å²) in [5.41, 5.74) is 0. The van der Waals surface area contributed by atoms with Crippen molar-refractivity contribution in [3.63, 3.8) is 0 Å². The van der Waals surface area contributed by atoms with Crippen LogP contribution in [-0.4, -0.2) is 51.9 Å². The lowest BCUT2D eigenvalue weighted by Crippen LogP contribution is -2.30. The number of nitrogens with one attached hydrogen (secondary N) is 1. The Morgan fingerprint density at radius 3 is 2.29 bits per heavy atom. The van der Waals surface area contributed by atoms with Crippen LogP contribution in [0.1, 0.15) is 19.8 Å². The monoisotopic (exact) mass is 376 g/mol. The summed E-state index contributed by atoms with van der Waals surface area (Å²) in [6.45, 7) is 2.19. The predicted molar refractivity (Wildman–Crippen MR) is 86.4 cm³/mol. The Labute approximate surface area is 141 Å². The van der Waals surface area contributed by atoms with Gasteiger partial charge in [-0.2, -0.15) is 4.31 Å². The molecule has 1 unspecified atom stereocenters. The maximum atomic E-state index is 12.5. The highest BCUT2D eigenvalue weighted by Crippen LogP contribution is 2.25. The molecule has 24 heavy (non-hydrogen) atoms. The van der Waals surface area contributed by atoms with Gasteiger partial charge in [0.25, 0.3) is 0 Å². The van der Waals surface area contributed by atoms with Crippen LogP contribution in [0.15, 0.2) is 34.1 Å². The summed E-state index contributed by atoms with van der Waals surface area (Å²) in [5.74, 6) is -1.73. The number of carboxylic acid groups (broad SMARTS) is 1. The molecule has 1 aromatic carbocycles. The SMILES string of the molecule is CCCNS(=O)(=O)c1ccc(S(=O)(=O)N2CCC(C(=O)O)C2)cc1. The third kappa shape index (κ3) is 3.94. The Balaban J connectivity index is 2.20. The van der Waals surface area contributed by atoms with Crippen LogP contribution in [0.3, 0.4) is 0 Å². The predicted octanol–water partition coefficient (Wildman–Crippen LogP) is 0.470. The molecule has 1 heterocycles. The van der Waals surface area contributed by atoms with Crippen LogP contribution in [0.4, 0.5) is 0 Å². The molecule has 0 aromatic heterocycles. The van der Waals surface area contributed by atoms with Gasteiger partial charge >= 0.3 is 5.97 Å². The number of hydrogen-bond acceptors (Lipinski definition) is 5. The number of nitrogens with zero attached hydrogens (tertiary/aromatic N) is 1. The maximum Gasteiger partial charge on any atom is 0.307 e. The Bertz CT molecular complexity index is 802. The zero-order valence-corrected chi connectivity index (χ0v) is 14.8. The van der Waals surface area contributed by atoms with Crippen LogP contribution in [0, 0.1) is 5.92 Å². The van der Waals surface area contributed by atoms with Crippen LogP contribution >= 0.6 is 0 Å². The topological polar surface area (TPSA) is 121 Å². The number of benzene rings is 1. The molecule has 8 nitrogen and oxygen atoms in total. The van der Waals surface area contributed by atoms with E-state index in [-0.39, 0.29) is 29.3 Å². The van der Waals surface area contributed by atoms with Crippen LogP contribution in [0.5, 0.6) is 0 Å². The van der Waals surface area contributed by atoms with E-state index in [4.69, 9.17) is 5.11 Å². The molecule has 0 bridgehead atoms. The largest absolute Gasteiger partial charge is 0.481 e. The molecule has 1 aliphatic heterocycles. The first-order chi connectivity index (χ1) is 11.2. The van der Waals surface area contributed by atoms with Crippen LogP contribution in [0.25, 0.3) is 0 Å². The molecule has 2 rings (SSSR count). The van der Waals surface area contributed by atoms with Crippen molar-refractivity contribution in [1.29, 1.82) is 0 Å². The van der Waals surface area contributed by atoms with Crippen molar-refractivity contribution in [3.8, 4) is 0 Å². The molecule has 1 aromatic rings. The molecule has 1 aliphatic rings. The van der Waals surface area contributed by atoms with Crippen molar-refractivity contribution in [1.82, 2.24) is 9.03 Å². The second-order valence-corrected chi connectivity index (χ2v) is 9.26. The molecule has 0 spiro atoms. The highest BCUT2D eigenvalue weighted by atomic mass is 32.2. The van der Waals surface area contributed by atoms with Gasteiger partial charge < -0.3 is 5.11 Å². The molecule has 1 saturated heterocycles. The first-order valence-corrected chi connectivity index (χ1v) is 10.4. The summed E-state index contributed by atoms with van der Waals surface area (Å²) in [4.78, 5) is 10.9. The third-order valence-electron chi connectivity index (χ3n) is 3.81. The van der Waals surface area contributed by atoms with E-state index in [2.05, 4.69) is 4.72 Å². The molecule has 1 atom stereocenters. The molecule has 2 N–H and O–H groups in total. The molecule has 0 radical (unpaired) electrons. The average molecular weight is 376 g/mol. The van der Waals surface area contributed by atoms with Crippen molar-refractivity contribution in [2.24, 2.45) is 5.92 Å². The van der Waals surface area contributed by atoms with Crippen molar-refractivity contribution >= 4 is 26.0 Å². The number of rotatable bonds is 7. The minimum absolute atomic E-state index is 0.0141. The van der Waals surface area contributed by atoms with Gasteiger partial charge in [-0.15, -0.1) is 0 Å². The molecular weight excluding hydrogens is 356 g/mol. The summed E-state index contributed by atoms with van der Waals surface area (Å²) in [5, 5.41) is 8.97. The van der Waals surface area contributed by atoms with E-state index in [1.165, 1.54) is 24.3 Å². The number of carboxylic acids is 1. The molecular formula is C14H20N2O6S2. The van der Waals surface area contributed by atoms with Gasteiger partial charge in [-0.1, -0.05) is 6.92 Å². The Morgan fingerprint density at radius 2 is 1.79 bits per heavy atom. The Morgan fingerprint density at radius 1 is 1.21 bits per heavy atom. The van der Waals surface area contributed by atoms with Gasteiger partial charge in [-0.3, -0.25) is 4.79 Å². The normalized spacial score (nSPS) is 19.5. The molecule has 0 amide bonds. The fraction of sp³-hybridized carbons (Fsp3) is 0.500. The summed E-state index contributed by atoms with van der Waals surface area (Å²) in [6.07, 6.45) is 0.910. The van der Waals surface area contributed by atoms with E-state index in [1.807, 2.05) is 6.92 Å². The molecule has 0 saturated carbocycles. The Hall–Kier alpha value is -1.49. The van der Waals surface area contributed by atoms with E-state index in [0.29, 0.717) is 13.0 Å². The number of carbonyl (C=O) groups is 1. The number of sulfonamides is 2. The molecule has 10 heteroatoms. The fourth-order valence-corrected chi connectivity index (χ4v) is 5.04. The fourth-order valence-electron chi connectivity index (χ4n) is 2.41. The second-order valence-electron chi connectivity index (χ2n) is 5.56. The zero-order chi connectivity index (χ0) is 18.0. The molecule has 0 aliphatic carbocycles. The first-order valence-electron chi connectivity index (χ1n) is 7.51. The highest BCUT2D eigenvalue weighted by molar-refractivity contribution is 7.89. The highest BCUT2D eigenvalue weighted by Gasteiger charge is 2.35. The first kappa shape index (κ1) is 18.8. The summed E-state index contributed by atoms with van der Waals surface area (Å²) >= 11 is 0. The van der Waals surface area contributed by atoms with Crippen molar-refractivity contribution in [3.05, 3.63) is 24.3 Å². The van der Waals surface area contributed by atoms with Gasteiger partial charge in [0.05, 0.1) is 15.7 Å². The van der Waals surface area contributed by atoms with Crippen molar-refractivity contribution in [2.75, 3.05) is 19.6 Å². The van der Waals surface area contributed by atoms with Crippen LogP contribution < -0.4 is 4.72 Å². The van der Waals surface area contributed by atoms with Crippen LogP contribution in [0.2, 0.25) is 0 Å². The third-order valence-corrected chi connectivity index (χ3v) is 7.17. The second kappa shape index (κ2) is 7.18. The number of aliphatic carboxylic acids is 1.